The standard InChI is InChI=1S/C16H10Cl2O2S/c17-12-6-5-10(7-13(12)18)9-20-16(19)15-8-11-3-1-2-4-14(11)21-15/h1-8H,9H2. The molecular formula is C16H10Cl2O2S. The first-order valence-corrected chi connectivity index (χ1v) is 7.80. The number of hydrogen-bond donors (Lipinski definition) is 0. The number of ether oxygens (including phenoxy) is 1. The van der Waals surface area contributed by atoms with Gasteiger partial charge in [-0.05, 0) is 35.2 Å². The SMILES string of the molecule is O=C(OCc1ccc(Cl)c(Cl)c1)c1cc2ccccc2s1. The first-order chi connectivity index (χ1) is 10.1. The van der Waals surface area contributed by atoms with Gasteiger partial charge in [-0.1, -0.05) is 47.5 Å². The van der Waals surface area contributed by atoms with E-state index in [-0.39, 0.29) is 12.6 Å². The molecule has 0 bridgehead atoms. The van der Waals surface area contributed by atoms with Gasteiger partial charge in [0, 0.05) is 4.70 Å². The highest BCUT2D eigenvalue weighted by Crippen LogP contribution is 2.26. The molecule has 0 aliphatic carbocycles. The predicted octanol–water partition coefficient (Wildman–Crippen LogP) is 5.57. The molecule has 0 saturated heterocycles. The van der Waals surface area contributed by atoms with E-state index >= 15 is 0 Å². The van der Waals surface area contributed by atoms with Crippen LogP contribution in [0.15, 0.2) is 48.5 Å². The Morgan fingerprint density at radius 2 is 1.86 bits per heavy atom. The minimum atomic E-state index is -0.331. The van der Waals surface area contributed by atoms with Crippen LogP contribution in [0.1, 0.15) is 15.2 Å². The summed E-state index contributed by atoms with van der Waals surface area (Å²) in [5.74, 6) is -0.331. The number of fused-ring (bicyclic) bond motifs is 1. The summed E-state index contributed by atoms with van der Waals surface area (Å²) >= 11 is 13.2. The lowest BCUT2D eigenvalue weighted by Crippen LogP contribution is -2.03. The van der Waals surface area contributed by atoms with Gasteiger partial charge in [0.15, 0.2) is 0 Å². The second-order valence-electron chi connectivity index (χ2n) is 4.47. The molecule has 0 spiro atoms. The average molecular weight is 337 g/mol. The monoisotopic (exact) mass is 336 g/mol. The van der Waals surface area contributed by atoms with Crippen molar-refractivity contribution in [1.82, 2.24) is 0 Å². The van der Waals surface area contributed by atoms with Gasteiger partial charge in [-0.15, -0.1) is 11.3 Å². The minimum Gasteiger partial charge on any atom is -0.457 e. The fraction of sp³-hybridized carbons (Fsp3) is 0.0625. The van der Waals surface area contributed by atoms with Crippen molar-refractivity contribution in [3.8, 4) is 0 Å². The van der Waals surface area contributed by atoms with E-state index in [9.17, 15) is 4.79 Å². The molecule has 0 radical (unpaired) electrons. The summed E-state index contributed by atoms with van der Waals surface area (Å²) in [6.45, 7) is 0.171. The Kier molecular flexibility index (Phi) is 4.15. The van der Waals surface area contributed by atoms with Crippen molar-refractivity contribution in [3.05, 3.63) is 69.0 Å². The van der Waals surface area contributed by atoms with Crippen LogP contribution in [0, 0.1) is 0 Å². The van der Waals surface area contributed by atoms with E-state index in [1.807, 2.05) is 30.3 Å². The Morgan fingerprint density at radius 1 is 1.05 bits per heavy atom. The highest BCUT2D eigenvalue weighted by atomic mass is 35.5. The lowest BCUT2D eigenvalue weighted by molar-refractivity contribution is 0.0478. The van der Waals surface area contributed by atoms with Crippen LogP contribution in [0.25, 0.3) is 10.1 Å². The number of benzene rings is 2. The van der Waals surface area contributed by atoms with Crippen molar-refractivity contribution in [2.45, 2.75) is 6.61 Å². The molecule has 3 aromatic rings. The molecule has 3 rings (SSSR count). The van der Waals surface area contributed by atoms with E-state index in [4.69, 9.17) is 27.9 Å². The van der Waals surface area contributed by atoms with Gasteiger partial charge in [-0.25, -0.2) is 4.79 Å². The molecule has 0 saturated carbocycles. The molecule has 0 N–H and O–H groups in total. The Labute approximate surface area is 135 Å². The van der Waals surface area contributed by atoms with Crippen molar-refractivity contribution in [2.24, 2.45) is 0 Å². The third-order valence-corrected chi connectivity index (χ3v) is 4.82. The van der Waals surface area contributed by atoms with Crippen molar-refractivity contribution in [1.29, 1.82) is 0 Å². The number of thiophene rings is 1. The van der Waals surface area contributed by atoms with Crippen LogP contribution in [0.2, 0.25) is 10.0 Å². The van der Waals surface area contributed by atoms with Gasteiger partial charge >= 0.3 is 5.97 Å². The van der Waals surface area contributed by atoms with Gasteiger partial charge in [0.25, 0.3) is 0 Å². The largest absolute Gasteiger partial charge is 0.457 e. The summed E-state index contributed by atoms with van der Waals surface area (Å²) in [5, 5.41) is 1.98. The summed E-state index contributed by atoms with van der Waals surface area (Å²) in [7, 11) is 0. The Morgan fingerprint density at radius 3 is 2.62 bits per heavy atom. The van der Waals surface area contributed by atoms with E-state index in [0.29, 0.717) is 14.9 Å². The smallest absolute Gasteiger partial charge is 0.348 e. The fourth-order valence-electron chi connectivity index (χ4n) is 1.93. The van der Waals surface area contributed by atoms with Crippen molar-refractivity contribution < 1.29 is 9.53 Å². The van der Waals surface area contributed by atoms with Crippen LogP contribution < -0.4 is 0 Å². The average Bonchev–Trinajstić information content (AvgIpc) is 2.92. The van der Waals surface area contributed by atoms with Gasteiger partial charge in [-0.2, -0.15) is 0 Å². The lowest BCUT2D eigenvalue weighted by Gasteiger charge is -2.04. The minimum absolute atomic E-state index is 0.171. The zero-order valence-corrected chi connectivity index (χ0v) is 13.1. The Hall–Kier alpha value is -1.55. The Bertz CT molecular complexity index is 778. The number of halogens is 2. The van der Waals surface area contributed by atoms with Crippen molar-refractivity contribution >= 4 is 50.6 Å². The summed E-state index contributed by atoms with van der Waals surface area (Å²) in [6, 6.07) is 14.9. The van der Waals surface area contributed by atoms with E-state index in [1.54, 1.807) is 18.2 Å². The van der Waals surface area contributed by atoms with Crippen LogP contribution in [0.5, 0.6) is 0 Å². The van der Waals surface area contributed by atoms with Crippen LogP contribution in [-0.2, 0) is 11.3 Å². The topological polar surface area (TPSA) is 26.3 Å². The van der Waals surface area contributed by atoms with Crippen LogP contribution >= 0.6 is 34.5 Å². The molecule has 1 aromatic heterocycles. The van der Waals surface area contributed by atoms with Crippen molar-refractivity contribution in [2.75, 3.05) is 0 Å². The molecule has 106 valence electrons. The number of rotatable bonds is 3. The van der Waals surface area contributed by atoms with Crippen LogP contribution in [0.4, 0.5) is 0 Å². The second kappa shape index (κ2) is 6.06. The third kappa shape index (κ3) is 3.21. The number of hydrogen-bond acceptors (Lipinski definition) is 3. The molecule has 0 fully saturated rings. The molecule has 0 aliphatic rings. The highest BCUT2D eigenvalue weighted by Gasteiger charge is 2.12. The summed E-state index contributed by atoms with van der Waals surface area (Å²) in [6.07, 6.45) is 0. The zero-order valence-electron chi connectivity index (χ0n) is 10.8. The molecule has 0 aliphatic heterocycles. The van der Waals surface area contributed by atoms with Crippen molar-refractivity contribution in [3.63, 3.8) is 0 Å². The van der Waals surface area contributed by atoms with Gasteiger partial charge in [0.1, 0.15) is 11.5 Å². The number of esters is 1. The molecule has 0 atom stereocenters. The highest BCUT2D eigenvalue weighted by molar-refractivity contribution is 7.20. The second-order valence-corrected chi connectivity index (χ2v) is 6.37. The van der Waals surface area contributed by atoms with Gasteiger partial charge in [0.05, 0.1) is 10.0 Å². The molecule has 2 aromatic carbocycles. The molecule has 2 nitrogen and oxygen atoms in total. The van der Waals surface area contributed by atoms with E-state index < -0.39 is 0 Å². The number of carbonyl (C=O) groups excluding carboxylic acids is 1. The summed E-state index contributed by atoms with van der Waals surface area (Å²) in [5.41, 5.74) is 0.805. The zero-order chi connectivity index (χ0) is 14.8. The first kappa shape index (κ1) is 14.4. The maximum absolute atomic E-state index is 12.1. The van der Waals surface area contributed by atoms with Crippen LogP contribution in [-0.4, -0.2) is 5.97 Å². The van der Waals surface area contributed by atoms with E-state index in [1.165, 1.54) is 11.3 Å². The Balaban J connectivity index is 1.72. The quantitative estimate of drug-likeness (QED) is 0.585. The summed E-state index contributed by atoms with van der Waals surface area (Å²) < 4.78 is 6.38. The maximum atomic E-state index is 12.1. The molecule has 1 heterocycles. The van der Waals surface area contributed by atoms with Gasteiger partial charge in [-0.3, -0.25) is 0 Å². The fourth-order valence-corrected chi connectivity index (χ4v) is 3.21. The van der Waals surface area contributed by atoms with E-state index in [2.05, 4.69) is 0 Å². The predicted molar refractivity (Wildman–Crippen MR) is 87.4 cm³/mol. The van der Waals surface area contributed by atoms with Gasteiger partial charge < -0.3 is 4.74 Å². The maximum Gasteiger partial charge on any atom is 0.348 e. The normalized spacial score (nSPS) is 10.8. The van der Waals surface area contributed by atoms with E-state index in [0.717, 1.165) is 15.6 Å². The molecule has 0 amide bonds. The molecule has 5 heteroatoms. The number of carbonyl (C=O) groups is 1. The summed E-state index contributed by atoms with van der Waals surface area (Å²) in [4.78, 5) is 12.7. The van der Waals surface area contributed by atoms with Crippen LogP contribution in [0.3, 0.4) is 0 Å². The third-order valence-electron chi connectivity index (χ3n) is 2.98. The van der Waals surface area contributed by atoms with Gasteiger partial charge in [0.2, 0.25) is 0 Å². The molecule has 0 unspecified atom stereocenters. The lowest BCUT2D eigenvalue weighted by atomic mass is 10.2. The molecule has 21 heavy (non-hydrogen) atoms. The first-order valence-electron chi connectivity index (χ1n) is 6.23. The molecular weight excluding hydrogens is 327 g/mol.